The zero-order chi connectivity index (χ0) is 23.7. The summed E-state index contributed by atoms with van der Waals surface area (Å²) in [7, 11) is 1.61. The topological polar surface area (TPSA) is 83.8 Å². The summed E-state index contributed by atoms with van der Waals surface area (Å²) in [5.74, 6) is 4.51. The number of rotatable bonds is 5. The van der Waals surface area contributed by atoms with Crippen molar-refractivity contribution < 1.29 is 14.6 Å². The number of anilines is 2. The van der Waals surface area contributed by atoms with Gasteiger partial charge in [-0.15, -0.1) is 0 Å². The fourth-order valence-electron chi connectivity index (χ4n) is 4.70. The van der Waals surface area contributed by atoms with Crippen LogP contribution in [0.2, 0.25) is 0 Å². The summed E-state index contributed by atoms with van der Waals surface area (Å²) >= 11 is 1.98. The first-order chi connectivity index (χ1) is 16.6. The van der Waals surface area contributed by atoms with Gasteiger partial charge in [-0.3, -0.25) is 0 Å². The largest absolute Gasteiger partial charge is 0.496 e. The van der Waals surface area contributed by atoms with Gasteiger partial charge in [0, 0.05) is 48.8 Å². The number of fused-ring (bicyclic) bond motifs is 1. The highest BCUT2D eigenvalue weighted by atomic mass is 32.2. The third-order valence-corrected chi connectivity index (χ3v) is 7.23. The van der Waals surface area contributed by atoms with Gasteiger partial charge in [-0.25, -0.2) is 4.98 Å². The minimum Gasteiger partial charge on any atom is -0.496 e. The summed E-state index contributed by atoms with van der Waals surface area (Å²) in [6.07, 6.45) is 0.238. The van der Waals surface area contributed by atoms with E-state index in [-0.39, 0.29) is 18.8 Å². The maximum absolute atomic E-state index is 9.75. The molecule has 0 radical (unpaired) electrons. The summed E-state index contributed by atoms with van der Waals surface area (Å²) in [6, 6.07) is 9.83. The Morgan fingerprint density at radius 1 is 1.03 bits per heavy atom. The molecule has 2 aliphatic rings. The van der Waals surface area contributed by atoms with Crippen molar-refractivity contribution in [3.8, 4) is 17.0 Å². The quantitative estimate of drug-likeness (QED) is 0.590. The summed E-state index contributed by atoms with van der Waals surface area (Å²) in [5.41, 5.74) is 3.13. The Kier molecular flexibility index (Phi) is 6.76. The molecule has 0 saturated carbocycles. The maximum atomic E-state index is 9.75. The van der Waals surface area contributed by atoms with E-state index in [1.54, 1.807) is 7.11 Å². The van der Waals surface area contributed by atoms with Crippen molar-refractivity contribution in [2.75, 3.05) is 54.6 Å². The highest BCUT2D eigenvalue weighted by Crippen LogP contribution is 2.32. The molecule has 4 heterocycles. The summed E-state index contributed by atoms with van der Waals surface area (Å²) in [5, 5.41) is 10.7. The zero-order valence-corrected chi connectivity index (χ0v) is 20.7. The molecule has 2 aromatic heterocycles. The second-order valence-electron chi connectivity index (χ2n) is 8.86. The highest BCUT2D eigenvalue weighted by molar-refractivity contribution is 7.99. The van der Waals surface area contributed by atoms with Crippen LogP contribution in [-0.2, 0) is 11.3 Å². The lowest BCUT2D eigenvalue weighted by atomic mass is 10.1. The van der Waals surface area contributed by atoms with Crippen LogP contribution in [0.5, 0.6) is 5.75 Å². The fraction of sp³-hybridized carbons (Fsp3) is 0.480. The van der Waals surface area contributed by atoms with E-state index >= 15 is 0 Å². The molecule has 0 amide bonds. The van der Waals surface area contributed by atoms with E-state index in [0.29, 0.717) is 17.3 Å². The second kappa shape index (κ2) is 9.93. The van der Waals surface area contributed by atoms with Crippen LogP contribution < -0.4 is 14.5 Å². The summed E-state index contributed by atoms with van der Waals surface area (Å²) in [6.45, 7) is 7.52. The van der Waals surface area contributed by atoms with E-state index in [1.807, 2.05) is 36.0 Å². The van der Waals surface area contributed by atoms with Gasteiger partial charge in [0.05, 0.1) is 37.0 Å². The minimum atomic E-state index is -0.0958. The van der Waals surface area contributed by atoms with Crippen LogP contribution in [0, 0.1) is 0 Å². The molecule has 2 atom stereocenters. The first kappa shape index (κ1) is 23.1. The number of methoxy groups -OCH3 is 1. The van der Waals surface area contributed by atoms with Gasteiger partial charge in [-0.1, -0.05) is 0 Å². The molecule has 180 valence electrons. The average Bonchev–Trinajstić information content (AvgIpc) is 2.87. The lowest BCUT2D eigenvalue weighted by Gasteiger charge is -2.36. The maximum Gasteiger partial charge on any atom is 0.229 e. The van der Waals surface area contributed by atoms with Crippen LogP contribution in [0.25, 0.3) is 22.3 Å². The molecule has 3 aromatic rings. The van der Waals surface area contributed by atoms with Gasteiger partial charge in [0.1, 0.15) is 11.6 Å². The molecule has 0 bridgehead atoms. The van der Waals surface area contributed by atoms with Crippen molar-refractivity contribution in [3.05, 3.63) is 35.9 Å². The van der Waals surface area contributed by atoms with E-state index in [9.17, 15) is 5.11 Å². The predicted molar refractivity (Wildman–Crippen MR) is 137 cm³/mol. The molecule has 9 heteroatoms. The number of hydrogen-bond acceptors (Lipinski definition) is 9. The van der Waals surface area contributed by atoms with Crippen molar-refractivity contribution >= 4 is 34.6 Å². The number of aliphatic hydroxyl groups excluding tert-OH is 1. The Morgan fingerprint density at radius 3 is 2.50 bits per heavy atom. The minimum absolute atomic E-state index is 0.0958. The molecule has 1 N–H and O–H groups in total. The van der Waals surface area contributed by atoms with Crippen LogP contribution in [0.1, 0.15) is 19.4 Å². The SMILES string of the molecule is COc1ccc(-c2ccc3c(N4CCSCC4)nc(N4C[C@@H](C)O[C@@H](C)C4)nc3n2)cc1CO. The lowest BCUT2D eigenvalue weighted by molar-refractivity contribution is -0.00570. The molecule has 0 spiro atoms. The Labute approximate surface area is 204 Å². The smallest absolute Gasteiger partial charge is 0.229 e. The van der Waals surface area contributed by atoms with E-state index in [1.165, 1.54) is 0 Å². The Morgan fingerprint density at radius 2 is 1.79 bits per heavy atom. The molecule has 0 aliphatic carbocycles. The van der Waals surface area contributed by atoms with Gasteiger partial charge < -0.3 is 24.4 Å². The van der Waals surface area contributed by atoms with E-state index < -0.39 is 0 Å². The Balaban J connectivity index is 1.61. The zero-order valence-electron chi connectivity index (χ0n) is 19.9. The van der Waals surface area contributed by atoms with Gasteiger partial charge in [-0.2, -0.15) is 21.7 Å². The third-order valence-electron chi connectivity index (χ3n) is 6.29. The molecule has 5 rings (SSSR count). The van der Waals surface area contributed by atoms with Gasteiger partial charge in [0.15, 0.2) is 5.65 Å². The number of nitrogens with zero attached hydrogens (tertiary/aromatic N) is 5. The fourth-order valence-corrected chi connectivity index (χ4v) is 5.61. The molecular weight excluding hydrogens is 450 g/mol. The molecule has 1 aromatic carbocycles. The van der Waals surface area contributed by atoms with E-state index in [4.69, 9.17) is 24.4 Å². The number of aliphatic hydroxyl groups is 1. The van der Waals surface area contributed by atoms with E-state index in [2.05, 4.69) is 29.7 Å². The molecule has 8 nitrogen and oxygen atoms in total. The number of pyridine rings is 1. The van der Waals surface area contributed by atoms with Gasteiger partial charge >= 0.3 is 0 Å². The van der Waals surface area contributed by atoms with Crippen LogP contribution in [-0.4, -0.2) is 77.1 Å². The second-order valence-corrected chi connectivity index (χ2v) is 10.1. The van der Waals surface area contributed by atoms with Crippen molar-refractivity contribution in [2.24, 2.45) is 0 Å². The number of hydrogen-bond donors (Lipinski definition) is 1. The first-order valence-corrected chi connectivity index (χ1v) is 12.9. The number of thioether (sulfide) groups is 1. The normalized spacial score (nSPS) is 21.2. The van der Waals surface area contributed by atoms with Crippen molar-refractivity contribution in [3.63, 3.8) is 0 Å². The van der Waals surface area contributed by atoms with Crippen molar-refractivity contribution in [2.45, 2.75) is 32.7 Å². The molecule has 2 fully saturated rings. The van der Waals surface area contributed by atoms with Gasteiger partial charge in [0.25, 0.3) is 0 Å². The van der Waals surface area contributed by atoms with E-state index in [0.717, 1.165) is 65.7 Å². The molecular formula is C25H31N5O3S. The van der Waals surface area contributed by atoms with Crippen LogP contribution >= 0.6 is 11.8 Å². The number of aromatic nitrogens is 3. The predicted octanol–water partition coefficient (Wildman–Crippen LogP) is 3.36. The van der Waals surface area contributed by atoms with Gasteiger partial charge in [0.2, 0.25) is 5.95 Å². The highest BCUT2D eigenvalue weighted by Gasteiger charge is 2.26. The number of morpholine rings is 1. The summed E-state index contributed by atoms with van der Waals surface area (Å²) in [4.78, 5) is 19.5. The molecule has 2 saturated heterocycles. The Hall–Kier alpha value is -2.62. The molecule has 0 unspecified atom stereocenters. The third kappa shape index (κ3) is 4.64. The van der Waals surface area contributed by atoms with Crippen molar-refractivity contribution in [1.82, 2.24) is 15.0 Å². The molecule has 2 aliphatic heterocycles. The monoisotopic (exact) mass is 481 g/mol. The van der Waals surface area contributed by atoms with Crippen LogP contribution in [0.4, 0.5) is 11.8 Å². The number of ether oxygens (including phenoxy) is 2. The van der Waals surface area contributed by atoms with Crippen LogP contribution in [0.15, 0.2) is 30.3 Å². The Bertz CT molecular complexity index is 1160. The summed E-state index contributed by atoms with van der Waals surface area (Å²) < 4.78 is 11.3. The first-order valence-electron chi connectivity index (χ1n) is 11.8. The average molecular weight is 482 g/mol. The standard InChI is InChI=1S/C25H31N5O3S/c1-16-13-30(14-17(2)33-16)25-27-23-20(24(28-25)29-8-10-34-11-9-29)5-6-21(26-23)18-4-7-22(32-3)19(12-18)15-31/h4-7,12,16-17,31H,8-11,13-15H2,1-3H3/t16-,17+. The van der Waals surface area contributed by atoms with Crippen LogP contribution in [0.3, 0.4) is 0 Å². The number of benzene rings is 1. The lowest BCUT2D eigenvalue weighted by Crippen LogP contribution is -2.46. The molecule has 34 heavy (non-hydrogen) atoms. The van der Waals surface area contributed by atoms with Crippen molar-refractivity contribution in [1.29, 1.82) is 0 Å². The van der Waals surface area contributed by atoms with Gasteiger partial charge in [-0.05, 0) is 44.2 Å².